The third-order valence-electron chi connectivity index (χ3n) is 3.41. The molecule has 1 atom stereocenters. The van der Waals surface area contributed by atoms with Gasteiger partial charge >= 0.3 is 0 Å². The van der Waals surface area contributed by atoms with E-state index in [9.17, 15) is 0 Å². The summed E-state index contributed by atoms with van der Waals surface area (Å²) in [6.07, 6.45) is 4.20. The molecule has 0 aliphatic carbocycles. The number of ether oxygens (including phenoxy) is 1. The van der Waals surface area contributed by atoms with Crippen LogP contribution in [0.4, 0.5) is 0 Å². The molecule has 0 spiro atoms. The quantitative estimate of drug-likeness (QED) is 0.810. The molecule has 0 amide bonds. The minimum atomic E-state index is 0.285. The Hall–Kier alpha value is -0.910. The van der Waals surface area contributed by atoms with Crippen molar-refractivity contribution in [1.82, 2.24) is 19.8 Å². The molecule has 1 aromatic heterocycles. The smallest absolute Gasteiger partial charge is 0.122 e. The van der Waals surface area contributed by atoms with Gasteiger partial charge in [-0.05, 0) is 13.1 Å². The van der Waals surface area contributed by atoms with Gasteiger partial charge in [-0.1, -0.05) is 13.8 Å². The number of likely N-dealkylation sites (N-methyl/N-ethyl adjacent to an activating group) is 1. The predicted octanol–water partition coefficient (Wildman–Crippen LogP) is 0.713. The summed E-state index contributed by atoms with van der Waals surface area (Å²) in [5, 5.41) is 3.31. The fourth-order valence-electron chi connectivity index (χ4n) is 2.31. The number of morpholine rings is 1. The van der Waals surface area contributed by atoms with Crippen molar-refractivity contribution in [3.63, 3.8) is 0 Å². The summed E-state index contributed by atoms with van der Waals surface area (Å²) in [6, 6.07) is 0. The lowest BCUT2D eigenvalue weighted by molar-refractivity contribution is -0.0346. The molecule has 1 fully saturated rings. The first kappa shape index (κ1) is 13.5. The van der Waals surface area contributed by atoms with Crippen molar-refractivity contribution in [2.45, 2.75) is 33.0 Å². The van der Waals surface area contributed by atoms with E-state index in [1.54, 1.807) is 0 Å². The van der Waals surface area contributed by atoms with E-state index in [0.717, 1.165) is 51.7 Å². The van der Waals surface area contributed by atoms with Crippen LogP contribution in [-0.4, -0.2) is 53.3 Å². The van der Waals surface area contributed by atoms with E-state index in [1.165, 1.54) is 0 Å². The molecule has 2 heterocycles. The molecule has 1 aliphatic rings. The molecule has 1 N–H and O–H groups in total. The Morgan fingerprint density at radius 2 is 2.39 bits per heavy atom. The van der Waals surface area contributed by atoms with E-state index in [1.807, 2.05) is 12.4 Å². The summed E-state index contributed by atoms with van der Waals surface area (Å²) in [5.74, 6) is 1.09. The Morgan fingerprint density at radius 1 is 1.50 bits per heavy atom. The van der Waals surface area contributed by atoms with Crippen molar-refractivity contribution >= 4 is 0 Å². The molecule has 2 rings (SSSR count). The average molecular weight is 252 g/mol. The number of hydrogen-bond donors (Lipinski definition) is 1. The molecular formula is C13H24N4O. The number of aromatic nitrogens is 2. The van der Waals surface area contributed by atoms with Crippen LogP contribution < -0.4 is 5.32 Å². The van der Waals surface area contributed by atoms with Crippen LogP contribution in [0.2, 0.25) is 0 Å². The molecule has 5 heteroatoms. The van der Waals surface area contributed by atoms with Crippen LogP contribution in [0.15, 0.2) is 12.4 Å². The SMILES string of the molecule is CCNCc1nccn1CC1CN(CC)CCO1. The summed E-state index contributed by atoms with van der Waals surface area (Å²) in [4.78, 5) is 6.83. The minimum Gasteiger partial charge on any atom is -0.374 e. The second-order valence-electron chi connectivity index (χ2n) is 4.66. The second kappa shape index (κ2) is 6.87. The van der Waals surface area contributed by atoms with Crippen LogP contribution in [0.3, 0.4) is 0 Å². The van der Waals surface area contributed by atoms with Crippen LogP contribution in [0.25, 0.3) is 0 Å². The lowest BCUT2D eigenvalue weighted by Crippen LogP contribution is -2.44. The molecule has 102 valence electrons. The summed E-state index contributed by atoms with van der Waals surface area (Å²) in [5.41, 5.74) is 0. The highest BCUT2D eigenvalue weighted by Crippen LogP contribution is 2.09. The summed E-state index contributed by atoms with van der Waals surface area (Å²) >= 11 is 0. The van der Waals surface area contributed by atoms with E-state index in [0.29, 0.717) is 0 Å². The lowest BCUT2D eigenvalue weighted by atomic mass is 10.2. The normalized spacial score (nSPS) is 21.3. The van der Waals surface area contributed by atoms with Gasteiger partial charge in [-0.15, -0.1) is 0 Å². The maximum atomic E-state index is 5.83. The Labute approximate surface area is 109 Å². The van der Waals surface area contributed by atoms with Gasteiger partial charge in [0, 0.05) is 25.5 Å². The number of hydrogen-bond acceptors (Lipinski definition) is 4. The fourth-order valence-corrected chi connectivity index (χ4v) is 2.31. The van der Waals surface area contributed by atoms with Crippen molar-refractivity contribution in [3.8, 4) is 0 Å². The molecule has 1 unspecified atom stereocenters. The molecule has 1 aliphatic heterocycles. The Kier molecular flexibility index (Phi) is 5.16. The van der Waals surface area contributed by atoms with Crippen molar-refractivity contribution < 1.29 is 4.74 Å². The van der Waals surface area contributed by atoms with Gasteiger partial charge in [0.2, 0.25) is 0 Å². The van der Waals surface area contributed by atoms with Crippen LogP contribution in [0.1, 0.15) is 19.7 Å². The maximum Gasteiger partial charge on any atom is 0.122 e. The Morgan fingerprint density at radius 3 is 3.17 bits per heavy atom. The largest absolute Gasteiger partial charge is 0.374 e. The van der Waals surface area contributed by atoms with Crippen molar-refractivity contribution in [1.29, 1.82) is 0 Å². The minimum absolute atomic E-state index is 0.285. The highest BCUT2D eigenvalue weighted by atomic mass is 16.5. The highest BCUT2D eigenvalue weighted by Gasteiger charge is 2.20. The van der Waals surface area contributed by atoms with E-state index in [-0.39, 0.29) is 6.10 Å². The van der Waals surface area contributed by atoms with Crippen LogP contribution in [-0.2, 0) is 17.8 Å². The van der Waals surface area contributed by atoms with Gasteiger partial charge in [0.1, 0.15) is 5.82 Å². The monoisotopic (exact) mass is 252 g/mol. The maximum absolute atomic E-state index is 5.83. The molecule has 1 aromatic rings. The van der Waals surface area contributed by atoms with E-state index >= 15 is 0 Å². The number of nitrogens with one attached hydrogen (secondary N) is 1. The standard InChI is InChI=1S/C13H24N4O/c1-3-14-9-13-15-5-6-17(13)11-12-10-16(4-2)7-8-18-12/h5-6,12,14H,3-4,7-11H2,1-2H3. The Balaban J connectivity index is 1.90. The first-order valence-corrected chi connectivity index (χ1v) is 6.88. The molecule has 0 aromatic carbocycles. The van der Waals surface area contributed by atoms with E-state index in [2.05, 4.69) is 33.6 Å². The summed E-state index contributed by atoms with van der Waals surface area (Å²) in [6.45, 7) is 11.0. The van der Waals surface area contributed by atoms with Gasteiger partial charge in [-0.2, -0.15) is 0 Å². The number of rotatable bonds is 6. The van der Waals surface area contributed by atoms with Crippen LogP contribution >= 0.6 is 0 Å². The third kappa shape index (κ3) is 3.54. The van der Waals surface area contributed by atoms with Crippen molar-refractivity contribution in [2.75, 3.05) is 32.8 Å². The zero-order valence-electron chi connectivity index (χ0n) is 11.4. The van der Waals surface area contributed by atoms with E-state index < -0.39 is 0 Å². The lowest BCUT2D eigenvalue weighted by Gasteiger charge is -2.32. The zero-order valence-corrected chi connectivity index (χ0v) is 11.4. The van der Waals surface area contributed by atoms with E-state index in [4.69, 9.17) is 4.74 Å². The molecule has 0 saturated carbocycles. The van der Waals surface area contributed by atoms with Gasteiger partial charge in [-0.3, -0.25) is 4.90 Å². The summed E-state index contributed by atoms with van der Waals surface area (Å²) < 4.78 is 8.03. The molecule has 1 saturated heterocycles. The van der Waals surface area contributed by atoms with Crippen molar-refractivity contribution in [2.24, 2.45) is 0 Å². The molecule has 0 radical (unpaired) electrons. The molecule has 18 heavy (non-hydrogen) atoms. The van der Waals surface area contributed by atoms with Crippen LogP contribution in [0.5, 0.6) is 0 Å². The third-order valence-corrected chi connectivity index (χ3v) is 3.41. The number of nitrogens with zero attached hydrogens (tertiary/aromatic N) is 3. The van der Waals surface area contributed by atoms with Gasteiger partial charge in [0.25, 0.3) is 0 Å². The summed E-state index contributed by atoms with van der Waals surface area (Å²) in [7, 11) is 0. The zero-order chi connectivity index (χ0) is 12.8. The molecule has 0 bridgehead atoms. The van der Waals surface area contributed by atoms with Crippen molar-refractivity contribution in [3.05, 3.63) is 18.2 Å². The number of imidazole rings is 1. The first-order valence-electron chi connectivity index (χ1n) is 6.88. The fraction of sp³-hybridized carbons (Fsp3) is 0.769. The molecule has 5 nitrogen and oxygen atoms in total. The van der Waals surface area contributed by atoms with Gasteiger partial charge < -0.3 is 14.6 Å². The average Bonchev–Trinajstić information content (AvgIpc) is 2.84. The molecular weight excluding hydrogens is 228 g/mol. The van der Waals surface area contributed by atoms with Gasteiger partial charge in [0.15, 0.2) is 0 Å². The second-order valence-corrected chi connectivity index (χ2v) is 4.66. The highest BCUT2D eigenvalue weighted by molar-refractivity contribution is 4.93. The topological polar surface area (TPSA) is 42.3 Å². The van der Waals surface area contributed by atoms with Gasteiger partial charge in [0.05, 0.1) is 25.8 Å². The predicted molar refractivity (Wildman–Crippen MR) is 71.5 cm³/mol. The Bertz CT molecular complexity index is 353. The van der Waals surface area contributed by atoms with Crippen LogP contribution in [0, 0.1) is 0 Å². The first-order chi connectivity index (χ1) is 8.83. The van der Waals surface area contributed by atoms with Gasteiger partial charge in [-0.25, -0.2) is 4.98 Å².